The predicted molar refractivity (Wildman–Crippen MR) is 94.6 cm³/mol. The Balaban J connectivity index is 0.00000121. The zero-order valence-corrected chi connectivity index (χ0v) is 14.5. The summed E-state index contributed by atoms with van der Waals surface area (Å²) in [6.45, 7) is 1.81. The van der Waals surface area contributed by atoms with E-state index in [9.17, 15) is 4.79 Å². The average molecular weight is 363 g/mol. The second-order valence-corrected chi connectivity index (χ2v) is 5.53. The molecule has 4 nitrogen and oxygen atoms in total. The molecule has 1 saturated heterocycles. The second-order valence-electron chi connectivity index (χ2n) is 5.10. The first-order chi connectivity index (χ1) is 9.65. The number of amides is 1. The lowest BCUT2D eigenvalue weighted by atomic mass is 10.1. The Bertz CT molecular complexity index is 660. The number of hydrogen-bond acceptors (Lipinski definition) is 3. The molecule has 1 atom stereocenters. The minimum absolute atomic E-state index is 0. The Labute approximate surface area is 147 Å². The summed E-state index contributed by atoms with van der Waals surface area (Å²) in [5.41, 5.74) is 1.22. The summed E-state index contributed by atoms with van der Waals surface area (Å²) in [4.78, 5) is 18.7. The number of fused-ring (bicyclic) bond motifs is 1. The highest BCUT2D eigenvalue weighted by Crippen LogP contribution is 2.19. The molecular weight excluding hydrogens is 345 g/mol. The molecule has 0 radical (unpaired) electrons. The number of aromatic nitrogens is 1. The molecule has 0 aliphatic carbocycles. The van der Waals surface area contributed by atoms with Gasteiger partial charge >= 0.3 is 0 Å². The van der Waals surface area contributed by atoms with Gasteiger partial charge in [0.1, 0.15) is 5.69 Å². The molecule has 0 spiro atoms. The van der Waals surface area contributed by atoms with Gasteiger partial charge in [0.15, 0.2) is 0 Å². The van der Waals surface area contributed by atoms with Crippen LogP contribution in [0, 0.1) is 0 Å². The molecule has 2 aromatic rings. The van der Waals surface area contributed by atoms with Crippen LogP contribution in [-0.4, -0.2) is 42.0 Å². The Hall–Kier alpha value is -1.07. The SMILES string of the molecule is CN(C(=O)c1ccc2ccc(Cl)cc2n1)C1CCNC1.Cl.Cl. The van der Waals surface area contributed by atoms with Crippen molar-refractivity contribution in [3.8, 4) is 0 Å². The number of hydrogen-bond donors (Lipinski definition) is 1. The van der Waals surface area contributed by atoms with E-state index in [1.807, 2.05) is 25.2 Å². The number of pyridine rings is 1. The molecule has 3 rings (SSSR count). The quantitative estimate of drug-likeness (QED) is 0.892. The monoisotopic (exact) mass is 361 g/mol. The summed E-state index contributed by atoms with van der Waals surface area (Å²) in [5.74, 6) is -0.0411. The van der Waals surface area contributed by atoms with E-state index in [1.54, 1.807) is 17.0 Å². The standard InChI is InChI=1S/C15H16ClN3O.2ClH/c1-19(12-6-7-17-9-12)15(20)13-5-3-10-2-4-11(16)8-14(10)18-13;;/h2-5,8,12,17H,6-7,9H2,1H3;2*1H. The zero-order chi connectivity index (χ0) is 14.1. The van der Waals surface area contributed by atoms with E-state index in [1.165, 1.54) is 0 Å². The van der Waals surface area contributed by atoms with Gasteiger partial charge < -0.3 is 10.2 Å². The lowest BCUT2D eigenvalue weighted by Crippen LogP contribution is -2.38. The molecule has 1 aliphatic rings. The highest BCUT2D eigenvalue weighted by atomic mass is 35.5. The Morgan fingerprint density at radius 3 is 2.73 bits per heavy atom. The smallest absolute Gasteiger partial charge is 0.272 e. The van der Waals surface area contributed by atoms with Crippen molar-refractivity contribution in [3.63, 3.8) is 0 Å². The fourth-order valence-electron chi connectivity index (χ4n) is 2.53. The zero-order valence-electron chi connectivity index (χ0n) is 12.1. The van der Waals surface area contributed by atoms with Crippen LogP contribution in [0.2, 0.25) is 5.02 Å². The molecule has 1 aromatic heterocycles. The highest BCUT2D eigenvalue weighted by molar-refractivity contribution is 6.31. The first-order valence-corrected chi connectivity index (χ1v) is 7.07. The normalized spacial score (nSPS) is 16.7. The van der Waals surface area contributed by atoms with E-state index in [2.05, 4.69) is 10.3 Å². The van der Waals surface area contributed by atoms with Crippen LogP contribution in [0.3, 0.4) is 0 Å². The van der Waals surface area contributed by atoms with Crippen LogP contribution in [0.15, 0.2) is 30.3 Å². The molecule has 7 heteroatoms. The van der Waals surface area contributed by atoms with Crippen molar-refractivity contribution in [1.82, 2.24) is 15.2 Å². The van der Waals surface area contributed by atoms with Crippen LogP contribution in [0.25, 0.3) is 10.9 Å². The van der Waals surface area contributed by atoms with Gasteiger partial charge in [-0.2, -0.15) is 0 Å². The van der Waals surface area contributed by atoms with Crippen LogP contribution in [0.5, 0.6) is 0 Å². The minimum Gasteiger partial charge on any atom is -0.336 e. The van der Waals surface area contributed by atoms with E-state index in [0.29, 0.717) is 10.7 Å². The minimum atomic E-state index is -0.0411. The Morgan fingerprint density at radius 1 is 1.32 bits per heavy atom. The molecule has 120 valence electrons. The fourth-order valence-corrected chi connectivity index (χ4v) is 2.69. The number of carbonyl (C=O) groups excluding carboxylic acids is 1. The molecule has 2 heterocycles. The number of nitrogens with zero attached hydrogens (tertiary/aromatic N) is 2. The molecule has 0 bridgehead atoms. The Kier molecular flexibility index (Phi) is 6.88. The number of carbonyl (C=O) groups is 1. The second kappa shape index (κ2) is 7.97. The summed E-state index contributed by atoms with van der Waals surface area (Å²) in [7, 11) is 1.84. The summed E-state index contributed by atoms with van der Waals surface area (Å²) in [5, 5.41) is 4.88. The maximum absolute atomic E-state index is 12.5. The van der Waals surface area contributed by atoms with Gasteiger partial charge in [-0.05, 0) is 31.2 Å². The number of rotatable bonds is 2. The summed E-state index contributed by atoms with van der Waals surface area (Å²) >= 11 is 5.97. The molecule has 0 saturated carbocycles. The third-order valence-corrected chi connectivity index (χ3v) is 4.01. The van der Waals surface area contributed by atoms with E-state index >= 15 is 0 Å². The van der Waals surface area contributed by atoms with E-state index < -0.39 is 0 Å². The predicted octanol–water partition coefficient (Wildman–Crippen LogP) is 3.17. The van der Waals surface area contributed by atoms with Crippen molar-refractivity contribution in [1.29, 1.82) is 0 Å². The van der Waals surface area contributed by atoms with Gasteiger partial charge in [0.05, 0.1) is 5.52 Å². The lowest BCUT2D eigenvalue weighted by Gasteiger charge is -2.23. The molecule has 22 heavy (non-hydrogen) atoms. The molecule has 1 N–H and O–H groups in total. The third-order valence-electron chi connectivity index (χ3n) is 3.78. The third kappa shape index (κ3) is 3.82. The highest BCUT2D eigenvalue weighted by Gasteiger charge is 2.24. The van der Waals surface area contributed by atoms with Crippen LogP contribution in [0.4, 0.5) is 0 Å². The van der Waals surface area contributed by atoms with Crippen molar-refractivity contribution < 1.29 is 4.79 Å². The molecule has 1 unspecified atom stereocenters. The number of benzene rings is 1. The molecule has 1 amide bonds. The maximum Gasteiger partial charge on any atom is 0.272 e. The van der Waals surface area contributed by atoms with Gasteiger partial charge in [-0.1, -0.05) is 23.7 Å². The molecule has 1 fully saturated rings. The molecule has 1 aliphatic heterocycles. The van der Waals surface area contributed by atoms with Gasteiger partial charge in [-0.15, -0.1) is 24.8 Å². The van der Waals surface area contributed by atoms with Gasteiger partial charge in [-0.3, -0.25) is 4.79 Å². The van der Waals surface area contributed by atoms with Crippen LogP contribution in [-0.2, 0) is 0 Å². The maximum atomic E-state index is 12.5. The average Bonchev–Trinajstić information content (AvgIpc) is 2.99. The van der Waals surface area contributed by atoms with Crippen molar-refractivity contribution in [2.45, 2.75) is 12.5 Å². The van der Waals surface area contributed by atoms with Gasteiger partial charge in [0.2, 0.25) is 0 Å². The Morgan fingerprint density at radius 2 is 2.05 bits per heavy atom. The van der Waals surface area contributed by atoms with Crippen LogP contribution < -0.4 is 5.32 Å². The van der Waals surface area contributed by atoms with E-state index in [0.717, 1.165) is 30.4 Å². The van der Waals surface area contributed by atoms with Crippen molar-refractivity contribution in [2.75, 3.05) is 20.1 Å². The first-order valence-electron chi connectivity index (χ1n) is 6.69. The van der Waals surface area contributed by atoms with Gasteiger partial charge in [0, 0.05) is 30.0 Å². The number of halogens is 3. The summed E-state index contributed by atoms with van der Waals surface area (Å²) in [6.07, 6.45) is 0.988. The lowest BCUT2D eigenvalue weighted by molar-refractivity contribution is 0.0738. The van der Waals surface area contributed by atoms with Gasteiger partial charge in [-0.25, -0.2) is 4.98 Å². The van der Waals surface area contributed by atoms with E-state index in [-0.39, 0.29) is 36.8 Å². The van der Waals surface area contributed by atoms with Crippen molar-refractivity contribution >= 4 is 53.2 Å². The van der Waals surface area contributed by atoms with Crippen molar-refractivity contribution in [2.24, 2.45) is 0 Å². The largest absolute Gasteiger partial charge is 0.336 e. The van der Waals surface area contributed by atoms with Crippen LogP contribution >= 0.6 is 36.4 Å². The topological polar surface area (TPSA) is 45.2 Å². The number of nitrogens with one attached hydrogen (secondary N) is 1. The van der Waals surface area contributed by atoms with Crippen LogP contribution in [0.1, 0.15) is 16.9 Å². The first kappa shape index (κ1) is 19.0. The summed E-state index contributed by atoms with van der Waals surface area (Å²) < 4.78 is 0. The van der Waals surface area contributed by atoms with Crippen molar-refractivity contribution in [3.05, 3.63) is 41.0 Å². The number of likely N-dealkylation sites (N-methyl/N-ethyl adjacent to an activating group) is 1. The summed E-state index contributed by atoms with van der Waals surface area (Å²) in [6, 6.07) is 9.45. The molecule has 1 aromatic carbocycles. The van der Waals surface area contributed by atoms with Gasteiger partial charge in [0.25, 0.3) is 5.91 Å². The fraction of sp³-hybridized carbons (Fsp3) is 0.333. The van der Waals surface area contributed by atoms with E-state index in [4.69, 9.17) is 11.6 Å². The molecular formula is C15H18Cl3N3O.